The molecule has 0 saturated heterocycles. The third-order valence-electron chi connectivity index (χ3n) is 3.44. The molecule has 4 heteroatoms. The molecule has 3 rings (SSSR count). The number of hydrogen-bond acceptors (Lipinski definition) is 2. The van der Waals surface area contributed by atoms with Gasteiger partial charge < -0.3 is 9.55 Å². The molecular weight excluding hydrogens is 272 g/mol. The van der Waals surface area contributed by atoms with Gasteiger partial charge in [-0.1, -0.05) is 19.1 Å². The van der Waals surface area contributed by atoms with E-state index >= 15 is 0 Å². The Bertz CT molecular complexity index is 750. The fourth-order valence-corrected chi connectivity index (χ4v) is 3.77. The SMILES string of the molecule is CCC(c1cccs1)n1c(=S)[nH]c2ccc(C)cc21. The summed E-state index contributed by atoms with van der Waals surface area (Å²) in [6, 6.07) is 11.0. The van der Waals surface area contributed by atoms with Crippen molar-refractivity contribution in [3.63, 3.8) is 0 Å². The number of benzene rings is 1. The number of fused-ring (bicyclic) bond motifs is 1. The normalized spacial score (nSPS) is 12.9. The van der Waals surface area contributed by atoms with E-state index in [9.17, 15) is 0 Å². The molecule has 1 N–H and O–H groups in total. The van der Waals surface area contributed by atoms with Gasteiger partial charge in [-0.3, -0.25) is 0 Å². The lowest BCUT2D eigenvalue weighted by Gasteiger charge is -2.16. The molecule has 0 amide bonds. The van der Waals surface area contributed by atoms with Gasteiger partial charge in [-0.25, -0.2) is 0 Å². The fourth-order valence-electron chi connectivity index (χ4n) is 2.53. The second-order valence-electron chi connectivity index (χ2n) is 4.76. The first-order valence-corrected chi connectivity index (χ1v) is 7.73. The number of thiophene rings is 1. The highest BCUT2D eigenvalue weighted by atomic mass is 32.1. The molecule has 0 radical (unpaired) electrons. The number of aromatic amines is 1. The van der Waals surface area contributed by atoms with E-state index in [2.05, 4.69) is 59.1 Å². The monoisotopic (exact) mass is 288 g/mol. The van der Waals surface area contributed by atoms with Gasteiger partial charge in [0.15, 0.2) is 4.77 Å². The summed E-state index contributed by atoms with van der Waals surface area (Å²) >= 11 is 7.32. The van der Waals surface area contributed by atoms with E-state index < -0.39 is 0 Å². The maximum Gasteiger partial charge on any atom is 0.178 e. The standard InChI is InChI=1S/C15H16N2S2/c1-3-12(14-5-4-8-19-14)17-13-9-10(2)6-7-11(13)16-15(17)18/h4-9,12H,3H2,1-2H3,(H,16,18). The largest absolute Gasteiger partial charge is 0.331 e. The molecule has 19 heavy (non-hydrogen) atoms. The molecule has 0 saturated carbocycles. The molecule has 0 aliphatic rings. The van der Waals surface area contributed by atoms with E-state index in [4.69, 9.17) is 12.2 Å². The summed E-state index contributed by atoms with van der Waals surface area (Å²) in [5.41, 5.74) is 3.58. The summed E-state index contributed by atoms with van der Waals surface area (Å²) < 4.78 is 3.06. The highest BCUT2D eigenvalue weighted by Crippen LogP contribution is 2.30. The molecule has 1 aromatic carbocycles. The Morgan fingerprint density at radius 3 is 2.89 bits per heavy atom. The molecule has 0 aliphatic carbocycles. The third-order valence-corrected chi connectivity index (χ3v) is 4.72. The third kappa shape index (κ3) is 2.15. The van der Waals surface area contributed by atoms with Gasteiger partial charge in [-0.05, 0) is 54.7 Å². The number of aryl methyl sites for hydroxylation is 1. The molecule has 98 valence electrons. The summed E-state index contributed by atoms with van der Waals surface area (Å²) in [6.07, 6.45) is 1.04. The molecule has 0 bridgehead atoms. The number of nitrogens with one attached hydrogen (secondary N) is 1. The predicted octanol–water partition coefficient (Wildman–Crippen LogP) is 5.07. The Balaban J connectivity index is 2.26. The topological polar surface area (TPSA) is 20.7 Å². The van der Waals surface area contributed by atoms with Crippen molar-refractivity contribution in [1.82, 2.24) is 9.55 Å². The fraction of sp³-hybridized carbons (Fsp3) is 0.267. The molecule has 0 fully saturated rings. The Morgan fingerprint density at radius 1 is 1.37 bits per heavy atom. The number of imidazole rings is 1. The van der Waals surface area contributed by atoms with Crippen molar-refractivity contribution in [2.45, 2.75) is 26.3 Å². The summed E-state index contributed by atoms with van der Waals surface area (Å²) in [5, 5.41) is 2.13. The van der Waals surface area contributed by atoms with Crippen LogP contribution in [0.4, 0.5) is 0 Å². The summed E-state index contributed by atoms with van der Waals surface area (Å²) in [7, 11) is 0. The Morgan fingerprint density at radius 2 is 2.21 bits per heavy atom. The number of nitrogens with zero attached hydrogens (tertiary/aromatic N) is 1. The van der Waals surface area contributed by atoms with Crippen LogP contribution in [0.5, 0.6) is 0 Å². The summed E-state index contributed by atoms with van der Waals surface area (Å²) in [6.45, 7) is 4.33. The van der Waals surface area contributed by atoms with E-state index in [0.29, 0.717) is 6.04 Å². The molecule has 1 atom stereocenters. The molecule has 2 aromatic heterocycles. The number of aromatic nitrogens is 2. The van der Waals surface area contributed by atoms with Gasteiger partial charge in [0.05, 0.1) is 17.1 Å². The highest BCUT2D eigenvalue weighted by Gasteiger charge is 2.16. The van der Waals surface area contributed by atoms with Crippen molar-refractivity contribution in [1.29, 1.82) is 0 Å². The smallest absolute Gasteiger partial charge is 0.178 e. The van der Waals surface area contributed by atoms with Crippen LogP contribution < -0.4 is 0 Å². The minimum Gasteiger partial charge on any atom is -0.331 e. The van der Waals surface area contributed by atoms with E-state index in [1.807, 2.05) is 0 Å². The Kier molecular flexibility index (Phi) is 3.29. The van der Waals surface area contributed by atoms with Gasteiger partial charge in [0, 0.05) is 4.88 Å². The lowest BCUT2D eigenvalue weighted by atomic mass is 10.1. The second kappa shape index (κ2) is 4.94. The van der Waals surface area contributed by atoms with Crippen LogP contribution in [-0.2, 0) is 0 Å². The second-order valence-corrected chi connectivity index (χ2v) is 6.13. The lowest BCUT2D eigenvalue weighted by Crippen LogP contribution is -2.08. The van der Waals surface area contributed by atoms with Crippen molar-refractivity contribution >= 4 is 34.6 Å². The van der Waals surface area contributed by atoms with Crippen LogP contribution in [-0.4, -0.2) is 9.55 Å². The first-order valence-electron chi connectivity index (χ1n) is 6.45. The first-order chi connectivity index (χ1) is 9.20. The maximum atomic E-state index is 5.52. The van der Waals surface area contributed by atoms with Crippen LogP contribution in [0.15, 0.2) is 35.7 Å². The number of hydrogen-bond donors (Lipinski definition) is 1. The molecule has 3 aromatic rings. The Hall–Kier alpha value is -1.39. The predicted molar refractivity (Wildman–Crippen MR) is 84.6 cm³/mol. The zero-order chi connectivity index (χ0) is 13.4. The van der Waals surface area contributed by atoms with Crippen LogP contribution in [0.25, 0.3) is 11.0 Å². The van der Waals surface area contributed by atoms with Crippen molar-refractivity contribution in [2.75, 3.05) is 0 Å². The van der Waals surface area contributed by atoms with Gasteiger partial charge >= 0.3 is 0 Å². The van der Waals surface area contributed by atoms with Crippen LogP contribution >= 0.6 is 23.6 Å². The quantitative estimate of drug-likeness (QED) is 0.667. The minimum atomic E-state index is 0.322. The van der Waals surface area contributed by atoms with E-state index in [0.717, 1.165) is 16.7 Å². The minimum absolute atomic E-state index is 0.322. The maximum absolute atomic E-state index is 5.52. The molecule has 0 spiro atoms. The van der Waals surface area contributed by atoms with Crippen LogP contribution in [0.2, 0.25) is 0 Å². The van der Waals surface area contributed by atoms with E-state index in [1.165, 1.54) is 16.0 Å². The number of rotatable bonds is 3. The highest BCUT2D eigenvalue weighted by molar-refractivity contribution is 7.71. The zero-order valence-electron chi connectivity index (χ0n) is 11.0. The zero-order valence-corrected chi connectivity index (χ0v) is 12.6. The average molecular weight is 288 g/mol. The first kappa shape index (κ1) is 12.6. The van der Waals surface area contributed by atoms with Crippen molar-refractivity contribution < 1.29 is 0 Å². The summed E-state index contributed by atoms with van der Waals surface area (Å²) in [4.78, 5) is 4.68. The van der Waals surface area contributed by atoms with Crippen molar-refractivity contribution in [3.8, 4) is 0 Å². The summed E-state index contributed by atoms with van der Waals surface area (Å²) in [5.74, 6) is 0. The van der Waals surface area contributed by atoms with Gasteiger partial charge in [0.2, 0.25) is 0 Å². The van der Waals surface area contributed by atoms with E-state index in [-0.39, 0.29) is 0 Å². The lowest BCUT2D eigenvalue weighted by molar-refractivity contribution is 0.584. The molecule has 1 unspecified atom stereocenters. The Labute approximate surface area is 121 Å². The van der Waals surface area contributed by atoms with Crippen LogP contribution in [0.1, 0.15) is 29.8 Å². The van der Waals surface area contributed by atoms with Crippen molar-refractivity contribution in [2.24, 2.45) is 0 Å². The van der Waals surface area contributed by atoms with Gasteiger partial charge in [-0.2, -0.15) is 0 Å². The van der Waals surface area contributed by atoms with E-state index in [1.54, 1.807) is 11.3 Å². The van der Waals surface area contributed by atoms with Crippen LogP contribution in [0, 0.1) is 11.7 Å². The van der Waals surface area contributed by atoms with Gasteiger partial charge in [0.1, 0.15) is 0 Å². The van der Waals surface area contributed by atoms with Crippen molar-refractivity contribution in [3.05, 3.63) is 50.9 Å². The van der Waals surface area contributed by atoms with Gasteiger partial charge in [-0.15, -0.1) is 11.3 Å². The molecular formula is C15H16N2S2. The molecule has 0 aliphatic heterocycles. The average Bonchev–Trinajstić information content (AvgIpc) is 3.00. The molecule has 2 nitrogen and oxygen atoms in total. The van der Waals surface area contributed by atoms with Crippen LogP contribution in [0.3, 0.4) is 0 Å². The number of H-pyrrole nitrogens is 1. The molecule has 2 heterocycles. The van der Waals surface area contributed by atoms with Gasteiger partial charge in [0.25, 0.3) is 0 Å².